The standard InChI is InChI=1S/C24H16Cl2F3N3S/c1-15-5-8-17(9-6-15)23(24(27,28)29)31-22(18(13-30)21-4-2-3-11-32(21)23)33-14-16-7-10-19(25)20(26)12-16/h2-12H,14H2,1H3. The maximum absolute atomic E-state index is 14.9. The predicted molar refractivity (Wildman–Crippen MR) is 127 cm³/mol. The first-order chi connectivity index (χ1) is 15.7. The number of aryl methyl sites for hydroxylation is 1. The van der Waals surface area contributed by atoms with Crippen LogP contribution in [0.3, 0.4) is 0 Å². The Morgan fingerprint density at radius 2 is 1.82 bits per heavy atom. The Morgan fingerprint density at radius 3 is 2.45 bits per heavy atom. The van der Waals surface area contributed by atoms with Crippen LogP contribution in [0, 0.1) is 18.3 Å². The Bertz CT molecular complexity index is 1260. The summed E-state index contributed by atoms with van der Waals surface area (Å²) in [7, 11) is 0. The SMILES string of the molecule is Cc1ccc(C2(C(F)(F)F)N=C(SCc3ccc(Cl)c(Cl)c3)C(C#N)=C3C=CC=CN32)cc1. The van der Waals surface area contributed by atoms with Crippen molar-refractivity contribution in [3.63, 3.8) is 0 Å². The van der Waals surface area contributed by atoms with Crippen LogP contribution >= 0.6 is 35.0 Å². The van der Waals surface area contributed by atoms with E-state index in [1.54, 1.807) is 43.3 Å². The summed E-state index contributed by atoms with van der Waals surface area (Å²) in [5, 5.41) is 10.6. The summed E-state index contributed by atoms with van der Waals surface area (Å²) < 4.78 is 44.6. The predicted octanol–water partition coefficient (Wildman–Crippen LogP) is 7.53. The number of rotatable bonds is 3. The highest BCUT2D eigenvalue weighted by molar-refractivity contribution is 8.13. The first kappa shape index (κ1) is 23.5. The van der Waals surface area contributed by atoms with Crippen molar-refractivity contribution in [2.24, 2.45) is 4.99 Å². The zero-order valence-corrected chi connectivity index (χ0v) is 19.5. The average molecular weight is 506 g/mol. The van der Waals surface area contributed by atoms with Crippen molar-refractivity contribution in [1.29, 1.82) is 5.26 Å². The van der Waals surface area contributed by atoms with Gasteiger partial charge in [0.15, 0.2) is 0 Å². The fourth-order valence-electron chi connectivity index (χ4n) is 3.64. The molecule has 9 heteroatoms. The molecule has 2 aliphatic heterocycles. The lowest BCUT2D eigenvalue weighted by Gasteiger charge is -2.45. The molecule has 33 heavy (non-hydrogen) atoms. The number of allylic oxidation sites excluding steroid dienone is 3. The van der Waals surface area contributed by atoms with E-state index in [9.17, 15) is 18.4 Å². The number of fused-ring (bicyclic) bond motifs is 1. The summed E-state index contributed by atoms with van der Waals surface area (Å²) in [5.74, 6) is 0.259. The van der Waals surface area contributed by atoms with Crippen LogP contribution < -0.4 is 0 Å². The molecule has 2 aromatic rings. The third-order valence-corrected chi connectivity index (χ3v) is 7.05. The first-order valence-corrected chi connectivity index (χ1v) is 11.5. The van der Waals surface area contributed by atoms with Crippen LogP contribution in [-0.4, -0.2) is 16.1 Å². The quantitative estimate of drug-likeness (QED) is 0.432. The van der Waals surface area contributed by atoms with E-state index in [4.69, 9.17) is 23.2 Å². The van der Waals surface area contributed by atoms with Crippen molar-refractivity contribution >= 4 is 40.0 Å². The third kappa shape index (κ3) is 4.19. The van der Waals surface area contributed by atoms with Crippen molar-refractivity contribution in [1.82, 2.24) is 4.90 Å². The molecule has 0 aliphatic carbocycles. The number of alkyl halides is 3. The van der Waals surface area contributed by atoms with E-state index < -0.39 is 11.8 Å². The molecule has 0 saturated carbocycles. The molecule has 0 radical (unpaired) electrons. The highest BCUT2D eigenvalue weighted by atomic mass is 35.5. The number of hydrogen-bond donors (Lipinski definition) is 0. The number of halogens is 5. The van der Waals surface area contributed by atoms with Gasteiger partial charge in [0.1, 0.15) is 16.7 Å². The minimum absolute atomic E-state index is 0.00710. The summed E-state index contributed by atoms with van der Waals surface area (Å²) in [6.07, 6.45) is 1.13. The Hall–Kier alpha value is -2.66. The Labute approximate surface area is 203 Å². The van der Waals surface area contributed by atoms with E-state index >= 15 is 0 Å². The monoisotopic (exact) mass is 505 g/mol. The second kappa shape index (κ2) is 8.94. The van der Waals surface area contributed by atoms with E-state index in [0.717, 1.165) is 27.8 Å². The van der Waals surface area contributed by atoms with Crippen LogP contribution in [0.5, 0.6) is 0 Å². The summed E-state index contributed by atoms with van der Waals surface area (Å²) in [6, 6.07) is 13.1. The van der Waals surface area contributed by atoms with Crippen molar-refractivity contribution in [3.05, 3.63) is 105 Å². The molecule has 0 aromatic heterocycles. The topological polar surface area (TPSA) is 39.4 Å². The molecular formula is C24H16Cl2F3N3S. The van der Waals surface area contributed by atoms with Crippen molar-refractivity contribution in [2.45, 2.75) is 24.5 Å². The number of hydrogen-bond acceptors (Lipinski definition) is 4. The Balaban J connectivity index is 1.87. The van der Waals surface area contributed by atoms with Crippen molar-refractivity contribution in [3.8, 4) is 6.07 Å². The van der Waals surface area contributed by atoms with Gasteiger partial charge in [0.2, 0.25) is 0 Å². The van der Waals surface area contributed by atoms with Gasteiger partial charge < -0.3 is 4.90 Å². The molecule has 0 bridgehead atoms. The van der Waals surface area contributed by atoms with Crippen LogP contribution in [0.15, 0.2) is 83.2 Å². The summed E-state index contributed by atoms with van der Waals surface area (Å²) in [6.45, 7) is 1.80. The second-order valence-electron chi connectivity index (χ2n) is 7.43. The molecule has 2 aliphatic rings. The normalized spacial score (nSPS) is 19.9. The molecule has 2 aromatic carbocycles. The minimum Gasteiger partial charge on any atom is -0.310 e. The zero-order valence-electron chi connectivity index (χ0n) is 17.2. The van der Waals surface area contributed by atoms with E-state index in [2.05, 4.69) is 4.99 Å². The largest absolute Gasteiger partial charge is 0.437 e. The fourth-order valence-corrected chi connectivity index (χ4v) is 4.93. The van der Waals surface area contributed by atoms with E-state index in [1.807, 2.05) is 6.07 Å². The zero-order chi connectivity index (χ0) is 23.8. The molecule has 3 nitrogen and oxygen atoms in total. The maximum Gasteiger partial charge on any atom is 0.437 e. The van der Waals surface area contributed by atoms with Gasteiger partial charge in [-0.05, 0) is 36.8 Å². The van der Waals surface area contributed by atoms with Crippen LogP contribution in [0.2, 0.25) is 10.0 Å². The molecule has 0 fully saturated rings. The van der Waals surface area contributed by atoms with Gasteiger partial charge in [-0.1, -0.05) is 65.2 Å². The van der Waals surface area contributed by atoms with Crippen molar-refractivity contribution in [2.75, 3.05) is 0 Å². The minimum atomic E-state index is -4.78. The number of nitrogens with zero attached hydrogens (tertiary/aromatic N) is 3. The van der Waals surface area contributed by atoms with Gasteiger partial charge in [0.05, 0.1) is 15.7 Å². The summed E-state index contributed by atoms with van der Waals surface area (Å²) in [5.41, 5.74) is -0.959. The van der Waals surface area contributed by atoms with E-state index in [-0.39, 0.29) is 27.6 Å². The molecule has 1 atom stereocenters. The van der Waals surface area contributed by atoms with Gasteiger partial charge in [-0.2, -0.15) is 18.4 Å². The van der Waals surface area contributed by atoms with Crippen LogP contribution in [0.25, 0.3) is 0 Å². The van der Waals surface area contributed by atoms with Gasteiger partial charge in [-0.25, -0.2) is 4.99 Å². The molecule has 1 unspecified atom stereocenters. The van der Waals surface area contributed by atoms with Crippen LogP contribution in [0.1, 0.15) is 16.7 Å². The lowest BCUT2D eigenvalue weighted by molar-refractivity contribution is -0.222. The van der Waals surface area contributed by atoms with E-state index in [1.165, 1.54) is 30.5 Å². The van der Waals surface area contributed by atoms with Gasteiger partial charge in [-0.15, -0.1) is 11.8 Å². The second-order valence-corrected chi connectivity index (χ2v) is 9.21. The fraction of sp³-hybridized carbons (Fsp3) is 0.167. The molecule has 0 spiro atoms. The van der Waals surface area contributed by atoms with Gasteiger partial charge in [-0.3, -0.25) is 0 Å². The average Bonchev–Trinajstić information content (AvgIpc) is 2.79. The number of thioether (sulfide) groups is 1. The number of nitriles is 1. The maximum atomic E-state index is 14.9. The molecular weight excluding hydrogens is 490 g/mol. The van der Waals surface area contributed by atoms with Gasteiger partial charge in [0, 0.05) is 17.5 Å². The number of benzene rings is 2. The molecule has 0 amide bonds. The highest BCUT2D eigenvalue weighted by Crippen LogP contribution is 2.51. The molecule has 4 rings (SSSR count). The molecule has 0 saturated heterocycles. The summed E-state index contributed by atoms with van der Waals surface area (Å²) in [4.78, 5) is 5.26. The van der Waals surface area contributed by atoms with Crippen LogP contribution in [-0.2, 0) is 11.4 Å². The first-order valence-electron chi connectivity index (χ1n) is 9.77. The Morgan fingerprint density at radius 1 is 1.09 bits per heavy atom. The van der Waals surface area contributed by atoms with E-state index in [0.29, 0.717) is 10.0 Å². The third-order valence-electron chi connectivity index (χ3n) is 5.26. The van der Waals surface area contributed by atoms with Gasteiger partial charge >= 0.3 is 6.18 Å². The lowest BCUT2D eigenvalue weighted by Crippen LogP contribution is -2.55. The lowest BCUT2D eigenvalue weighted by atomic mass is 9.92. The number of aliphatic imine (C=N–C) groups is 1. The van der Waals surface area contributed by atoms with Crippen molar-refractivity contribution < 1.29 is 13.2 Å². The smallest absolute Gasteiger partial charge is 0.310 e. The molecule has 168 valence electrons. The molecule has 0 N–H and O–H groups in total. The van der Waals surface area contributed by atoms with Gasteiger partial charge in [0.25, 0.3) is 5.66 Å². The molecule has 2 heterocycles. The summed E-state index contributed by atoms with van der Waals surface area (Å²) >= 11 is 13.1. The highest BCUT2D eigenvalue weighted by Gasteiger charge is 2.62. The Kier molecular flexibility index (Phi) is 6.37. The van der Waals surface area contributed by atoms with Crippen LogP contribution in [0.4, 0.5) is 13.2 Å².